The molecule has 4 heterocycles. The van der Waals surface area contributed by atoms with E-state index in [1.807, 2.05) is 13.1 Å². The molecule has 0 radical (unpaired) electrons. The minimum atomic E-state index is 0.116. The van der Waals surface area contributed by atoms with Gasteiger partial charge in [-0.2, -0.15) is 9.61 Å². The van der Waals surface area contributed by atoms with Gasteiger partial charge in [0.15, 0.2) is 11.4 Å². The molecule has 0 amide bonds. The molecule has 2 aromatic heterocycles. The second kappa shape index (κ2) is 6.63. The van der Waals surface area contributed by atoms with Crippen molar-refractivity contribution in [2.75, 3.05) is 31.3 Å². The molecule has 0 saturated carbocycles. The van der Waals surface area contributed by atoms with Crippen LogP contribution in [0.1, 0.15) is 42.5 Å². The van der Waals surface area contributed by atoms with Crippen molar-refractivity contribution in [3.63, 3.8) is 0 Å². The maximum absolute atomic E-state index is 12.7. The van der Waals surface area contributed by atoms with Crippen LogP contribution in [-0.2, 0) is 0 Å². The number of piperidine rings is 1. The van der Waals surface area contributed by atoms with Crippen molar-refractivity contribution < 1.29 is 4.79 Å². The Bertz CT molecular complexity index is 857. The summed E-state index contributed by atoms with van der Waals surface area (Å²) in [6.07, 6.45) is 6.22. The van der Waals surface area contributed by atoms with Gasteiger partial charge in [0.1, 0.15) is 11.6 Å². The van der Waals surface area contributed by atoms with Crippen molar-refractivity contribution in [1.29, 1.82) is 0 Å². The van der Waals surface area contributed by atoms with Crippen molar-refractivity contribution in [2.45, 2.75) is 38.1 Å². The Labute approximate surface area is 153 Å². The number of hydrogen-bond donors (Lipinski definition) is 2. The monoisotopic (exact) mass is 354 g/mol. The van der Waals surface area contributed by atoms with Gasteiger partial charge in [0.25, 0.3) is 0 Å². The first-order valence-corrected chi connectivity index (χ1v) is 9.33. The van der Waals surface area contributed by atoms with Crippen LogP contribution in [0.2, 0.25) is 0 Å². The fourth-order valence-electron chi connectivity index (χ4n) is 4.13. The maximum Gasteiger partial charge on any atom is 0.170 e. The molecule has 1 saturated heterocycles. The first-order valence-electron chi connectivity index (χ1n) is 9.33. The number of nitrogens with one attached hydrogen (secondary N) is 2. The van der Waals surface area contributed by atoms with Gasteiger partial charge in [0, 0.05) is 50.8 Å². The van der Waals surface area contributed by atoms with Gasteiger partial charge >= 0.3 is 0 Å². The van der Waals surface area contributed by atoms with E-state index in [1.54, 1.807) is 10.7 Å². The predicted molar refractivity (Wildman–Crippen MR) is 103 cm³/mol. The topological polar surface area (TPSA) is 74.6 Å². The number of Topliss-reactive ketones (excluding diaryl/α,β-unsaturated/α-hetero) is 1. The smallest absolute Gasteiger partial charge is 0.170 e. The third kappa shape index (κ3) is 2.91. The van der Waals surface area contributed by atoms with Crippen LogP contribution in [0.5, 0.6) is 0 Å². The number of allylic oxidation sites excluding steroid dienone is 1. The molecule has 1 fully saturated rings. The van der Waals surface area contributed by atoms with Gasteiger partial charge in [-0.15, -0.1) is 0 Å². The number of carbonyl (C=O) groups is 1. The van der Waals surface area contributed by atoms with Gasteiger partial charge in [0.05, 0.1) is 11.8 Å². The van der Waals surface area contributed by atoms with E-state index >= 15 is 0 Å². The summed E-state index contributed by atoms with van der Waals surface area (Å²) in [5, 5.41) is 11.1. The van der Waals surface area contributed by atoms with Crippen LogP contribution in [0.15, 0.2) is 24.5 Å². The van der Waals surface area contributed by atoms with E-state index < -0.39 is 0 Å². The Kier molecular flexibility index (Phi) is 4.30. The Morgan fingerprint density at radius 2 is 2.23 bits per heavy atom. The SMILES string of the molecule is C=C1C2CCCCC(=O)c3cnn4c(NC)cc(nc34)NC(C2)CN1C. The van der Waals surface area contributed by atoms with Crippen LogP contribution in [-0.4, -0.2) is 52.0 Å². The van der Waals surface area contributed by atoms with E-state index in [9.17, 15) is 4.79 Å². The highest BCUT2D eigenvalue weighted by molar-refractivity contribution is 6.01. The van der Waals surface area contributed by atoms with E-state index in [1.165, 1.54) is 5.70 Å². The third-order valence-electron chi connectivity index (χ3n) is 5.61. The molecule has 7 nitrogen and oxygen atoms in total. The van der Waals surface area contributed by atoms with Crippen LogP contribution < -0.4 is 10.6 Å². The zero-order chi connectivity index (χ0) is 18.3. The lowest BCUT2D eigenvalue weighted by molar-refractivity contribution is 0.0980. The molecule has 0 spiro atoms. The van der Waals surface area contributed by atoms with E-state index in [4.69, 9.17) is 4.98 Å². The third-order valence-corrected chi connectivity index (χ3v) is 5.61. The van der Waals surface area contributed by atoms with Crippen molar-refractivity contribution in [3.05, 3.63) is 30.1 Å². The molecular weight excluding hydrogens is 328 g/mol. The summed E-state index contributed by atoms with van der Waals surface area (Å²) < 4.78 is 1.70. The average Bonchev–Trinajstić information content (AvgIpc) is 3.05. The summed E-state index contributed by atoms with van der Waals surface area (Å²) in [5.74, 6) is 2.17. The molecule has 2 aliphatic rings. The van der Waals surface area contributed by atoms with Crippen LogP contribution in [0.25, 0.3) is 5.65 Å². The number of fused-ring (bicyclic) bond motifs is 3. The molecular formula is C19H26N6O. The number of ketones is 1. The lowest BCUT2D eigenvalue weighted by atomic mass is 9.87. The Hall–Kier alpha value is -2.57. The zero-order valence-corrected chi connectivity index (χ0v) is 15.5. The number of aromatic nitrogens is 3. The molecule has 2 N–H and O–H groups in total. The van der Waals surface area contributed by atoms with Gasteiger partial charge < -0.3 is 15.5 Å². The number of rotatable bonds is 1. The largest absolute Gasteiger partial charge is 0.376 e. The molecule has 0 aromatic carbocycles. The Morgan fingerprint density at radius 1 is 1.38 bits per heavy atom. The first kappa shape index (κ1) is 16.9. The summed E-state index contributed by atoms with van der Waals surface area (Å²) >= 11 is 0. The van der Waals surface area contributed by atoms with Gasteiger partial charge in [0.2, 0.25) is 0 Å². The quantitative estimate of drug-likeness (QED) is 0.820. The normalized spacial score (nSPS) is 24.0. The van der Waals surface area contributed by atoms with Crippen molar-refractivity contribution in [1.82, 2.24) is 19.5 Å². The zero-order valence-electron chi connectivity index (χ0n) is 15.5. The lowest BCUT2D eigenvalue weighted by Crippen LogP contribution is -2.42. The van der Waals surface area contributed by atoms with E-state index in [2.05, 4.69) is 34.3 Å². The summed E-state index contributed by atoms with van der Waals surface area (Å²) in [6.45, 7) is 5.19. The van der Waals surface area contributed by atoms with Crippen molar-refractivity contribution in [2.24, 2.45) is 5.92 Å². The summed E-state index contributed by atoms with van der Waals surface area (Å²) in [7, 11) is 3.96. The minimum Gasteiger partial charge on any atom is -0.376 e. The van der Waals surface area contributed by atoms with Crippen LogP contribution >= 0.6 is 0 Å². The molecule has 26 heavy (non-hydrogen) atoms. The van der Waals surface area contributed by atoms with E-state index in [0.717, 1.165) is 43.9 Å². The number of likely N-dealkylation sites (tertiary alicyclic amines) is 1. The molecule has 2 aliphatic heterocycles. The van der Waals surface area contributed by atoms with Gasteiger partial charge in [-0.3, -0.25) is 4.79 Å². The molecule has 2 aromatic rings. The van der Waals surface area contributed by atoms with Crippen LogP contribution in [0.3, 0.4) is 0 Å². The summed E-state index contributed by atoms with van der Waals surface area (Å²) in [4.78, 5) is 19.6. The molecule has 4 rings (SSSR count). The number of hydrogen-bond acceptors (Lipinski definition) is 6. The highest BCUT2D eigenvalue weighted by Crippen LogP contribution is 2.32. The highest BCUT2D eigenvalue weighted by atomic mass is 16.1. The van der Waals surface area contributed by atoms with Gasteiger partial charge in [-0.1, -0.05) is 13.0 Å². The standard InChI is InChI=1S/C19H26N6O/c1-12-13-6-4-5-7-16(26)15-10-21-25-18(20-2)9-17(23-19(15)25)22-14(8-13)11-24(12)3/h9-10,13-14,20H,1,4-8,11H2,2-3H3,(H,22,23). The summed E-state index contributed by atoms with van der Waals surface area (Å²) in [5.41, 5.74) is 2.43. The minimum absolute atomic E-state index is 0.116. The number of likely N-dealkylation sites (N-methyl/N-ethyl adjacent to an activating group) is 1. The van der Waals surface area contributed by atoms with Crippen LogP contribution in [0.4, 0.5) is 11.6 Å². The van der Waals surface area contributed by atoms with Crippen LogP contribution in [0, 0.1) is 5.92 Å². The van der Waals surface area contributed by atoms with Crippen molar-refractivity contribution in [3.8, 4) is 0 Å². The predicted octanol–water partition coefficient (Wildman–Crippen LogP) is 2.77. The number of anilines is 2. The van der Waals surface area contributed by atoms with Gasteiger partial charge in [-0.05, 0) is 19.3 Å². The lowest BCUT2D eigenvalue weighted by Gasteiger charge is -2.39. The first-order chi connectivity index (χ1) is 12.6. The van der Waals surface area contributed by atoms with E-state index in [0.29, 0.717) is 29.6 Å². The van der Waals surface area contributed by atoms with Gasteiger partial charge in [-0.25, -0.2) is 4.98 Å². The molecule has 7 heteroatoms. The molecule has 4 bridgehead atoms. The Morgan fingerprint density at radius 3 is 3.04 bits per heavy atom. The maximum atomic E-state index is 12.7. The number of nitrogens with zero attached hydrogens (tertiary/aromatic N) is 4. The van der Waals surface area contributed by atoms with Crippen molar-refractivity contribution >= 4 is 23.1 Å². The second-order valence-corrected chi connectivity index (χ2v) is 7.38. The Balaban J connectivity index is 1.77. The molecule has 0 aliphatic carbocycles. The fourth-order valence-corrected chi connectivity index (χ4v) is 4.13. The molecule has 138 valence electrons. The molecule has 2 atom stereocenters. The average molecular weight is 354 g/mol. The fraction of sp³-hybridized carbons (Fsp3) is 0.526. The molecule has 2 unspecified atom stereocenters. The highest BCUT2D eigenvalue weighted by Gasteiger charge is 2.29. The summed E-state index contributed by atoms with van der Waals surface area (Å²) in [6, 6.07) is 2.25. The number of carbonyl (C=O) groups excluding carboxylic acids is 1. The second-order valence-electron chi connectivity index (χ2n) is 7.38. The van der Waals surface area contributed by atoms with E-state index in [-0.39, 0.29) is 5.78 Å².